The second-order valence-corrected chi connectivity index (χ2v) is 10.6. The van der Waals surface area contributed by atoms with Crippen molar-refractivity contribution in [3.05, 3.63) is 65.9 Å². The van der Waals surface area contributed by atoms with Crippen LogP contribution in [0.25, 0.3) is 11.1 Å². The number of carbonyl (C=O) groups is 1. The third kappa shape index (κ3) is 6.42. The Morgan fingerprint density at radius 1 is 1.18 bits per heavy atom. The van der Waals surface area contributed by atoms with E-state index in [1.165, 1.54) is 0 Å². The molecular formula is C32H38N6O2. The fourth-order valence-corrected chi connectivity index (χ4v) is 4.85. The predicted octanol–water partition coefficient (Wildman–Crippen LogP) is 6.50. The van der Waals surface area contributed by atoms with Crippen LogP contribution in [-0.2, 0) is 4.74 Å². The summed E-state index contributed by atoms with van der Waals surface area (Å²) in [5.74, 6) is -0.00259. The third-order valence-electron chi connectivity index (χ3n) is 7.20. The van der Waals surface area contributed by atoms with Gasteiger partial charge in [0, 0.05) is 61.4 Å². The molecule has 2 N–H and O–H groups in total. The molecule has 3 aromatic rings. The number of nitrogens with one attached hydrogen (secondary N) is 2. The second kappa shape index (κ2) is 12.6. The standard InChI is InChI=1S/C32H38N6O2/c1-6-40-32(39)28-19-27(23-10-12-25(13-11-23)38-16-14-22(20-33)15-17-38)29(30(34)21(2)3)31(36-28)35-24-8-7-9-26(18-24)37(4)5/h7-13,18-19,21-22,34H,6,14-17H2,1-5H3,(H,35,36). The monoisotopic (exact) mass is 538 g/mol. The van der Waals surface area contributed by atoms with Gasteiger partial charge in [0.25, 0.3) is 0 Å². The summed E-state index contributed by atoms with van der Waals surface area (Å²) in [5.41, 5.74) is 5.81. The molecule has 0 unspecified atom stereocenters. The van der Waals surface area contributed by atoms with E-state index >= 15 is 0 Å². The van der Waals surface area contributed by atoms with Crippen LogP contribution in [0, 0.1) is 28.6 Å². The molecule has 0 radical (unpaired) electrons. The molecule has 208 valence electrons. The minimum Gasteiger partial charge on any atom is -0.461 e. The number of pyridine rings is 1. The Balaban J connectivity index is 1.81. The van der Waals surface area contributed by atoms with Gasteiger partial charge in [-0.2, -0.15) is 5.26 Å². The Morgan fingerprint density at radius 2 is 1.88 bits per heavy atom. The molecule has 8 nitrogen and oxygen atoms in total. The number of anilines is 4. The van der Waals surface area contributed by atoms with E-state index in [0.29, 0.717) is 17.1 Å². The van der Waals surface area contributed by atoms with Gasteiger partial charge in [-0.1, -0.05) is 32.0 Å². The highest BCUT2D eigenvalue weighted by molar-refractivity contribution is 6.10. The fourth-order valence-electron chi connectivity index (χ4n) is 4.85. The molecule has 40 heavy (non-hydrogen) atoms. The van der Waals surface area contributed by atoms with E-state index in [1.54, 1.807) is 13.0 Å². The van der Waals surface area contributed by atoms with Gasteiger partial charge in [-0.3, -0.25) is 0 Å². The molecule has 0 amide bonds. The van der Waals surface area contributed by atoms with Crippen LogP contribution in [-0.4, -0.2) is 50.5 Å². The number of nitriles is 1. The first-order valence-electron chi connectivity index (χ1n) is 13.8. The molecular weight excluding hydrogens is 500 g/mol. The van der Waals surface area contributed by atoms with E-state index in [2.05, 4.69) is 33.4 Å². The molecule has 2 aromatic carbocycles. The smallest absolute Gasteiger partial charge is 0.357 e. The summed E-state index contributed by atoms with van der Waals surface area (Å²) >= 11 is 0. The zero-order chi connectivity index (χ0) is 28.8. The number of esters is 1. The SMILES string of the molecule is CCOC(=O)c1cc(-c2ccc(N3CCC(C#N)CC3)cc2)c(C(=N)C(C)C)c(Nc2cccc(N(C)C)c2)n1. The quantitative estimate of drug-likeness (QED) is 0.237. The number of nitrogens with zero attached hydrogens (tertiary/aromatic N) is 4. The van der Waals surface area contributed by atoms with Gasteiger partial charge < -0.3 is 25.3 Å². The van der Waals surface area contributed by atoms with E-state index in [9.17, 15) is 10.1 Å². The van der Waals surface area contributed by atoms with Crippen LogP contribution in [0.3, 0.4) is 0 Å². The van der Waals surface area contributed by atoms with Crippen molar-refractivity contribution >= 4 is 34.6 Å². The van der Waals surface area contributed by atoms with Gasteiger partial charge in [0.05, 0.1) is 12.7 Å². The molecule has 1 saturated heterocycles. The zero-order valence-electron chi connectivity index (χ0n) is 24.0. The van der Waals surface area contributed by atoms with Crippen LogP contribution >= 0.6 is 0 Å². The lowest BCUT2D eigenvalue weighted by Gasteiger charge is -2.31. The van der Waals surface area contributed by atoms with Crippen molar-refractivity contribution in [3.63, 3.8) is 0 Å². The molecule has 0 bridgehead atoms. The van der Waals surface area contributed by atoms with Crippen molar-refractivity contribution in [1.29, 1.82) is 10.7 Å². The van der Waals surface area contributed by atoms with Crippen LogP contribution in [0.1, 0.15) is 49.7 Å². The number of rotatable bonds is 9. The minimum atomic E-state index is -0.506. The summed E-state index contributed by atoms with van der Waals surface area (Å²) < 4.78 is 5.32. The lowest BCUT2D eigenvalue weighted by Crippen LogP contribution is -2.33. The van der Waals surface area contributed by atoms with Crippen LogP contribution in [0.2, 0.25) is 0 Å². The molecule has 1 aliphatic rings. The predicted molar refractivity (Wildman–Crippen MR) is 162 cm³/mol. The van der Waals surface area contributed by atoms with Crippen LogP contribution in [0.15, 0.2) is 54.6 Å². The van der Waals surface area contributed by atoms with E-state index in [-0.39, 0.29) is 24.1 Å². The highest BCUT2D eigenvalue weighted by atomic mass is 16.5. The van der Waals surface area contributed by atoms with Crippen molar-refractivity contribution in [2.75, 3.05) is 48.9 Å². The second-order valence-electron chi connectivity index (χ2n) is 10.6. The van der Waals surface area contributed by atoms with Gasteiger partial charge in [0.2, 0.25) is 0 Å². The van der Waals surface area contributed by atoms with Crippen molar-refractivity contribution in [1.82, 2.24) is 4.98 Å². The number of piperidine rings is 1. The van der Waals surface area contributed by atoms with Crippen molar-refractivity contribution in [2.24, 2.45) is 11.8 Å². The first-order chi connectivity index (χ1) is 19.2. The Bertz CT molecular complexity index is 1400. The molecule has 1 aromatic heterocycles. The Labute approximate surface area is 237 Å². The van der Waals surface area contributed by atoms with Crippen molar-refractivity contribution < 1.29 is 9.53 Å². The maximum atomic E-state index is 12.9. The molecule has 1 fully saturated rings. The first kappa shape index (κ1) is 28.6. The Kier molecular flexibility index (Phi) is 9.05. The average Bonchev–Trinajstić information content (AvgIpc) is 2.96. The molecule has 8 heteroatoms. The van der Waals surface area contributed by atoms with E-state index in [4.69, 9.17) is 10.1 Å². The minimum absolute atomic E-state index is 0.0663. The number of benzene rings is 2. The Morgan fingerprint density at radius 3 is 2.48 bits per heavy atom. The maximum absolute atomic E-state index is 12.9. The maximum Gasteiger partial charge on any atom is 0.357 e. The fraction of sp³-hybridized carbons (Fsp3) is 0.375. The highest BCUT2D eigenvalue weighted by Crippen LogP contribution is 2.35. The van der Waals surface area contributed by atoms with E-state index in [0.717, 1.165) is 54.1 Å². The van der Waals surface area contributed by atoms with Gasteiger partial charge in [-0.15, -0.1) is 0 Å². The van der Waals surface area contributed by atoms with Crippen LogP contribution in [0.4, 0.5) is 22.9 Å². The number of carbonyl (C=O) groups excluding carboxylic acids is 1. The lowest BCUT2D eigenvalue weighted by atomic mass is 9.91. The Hall–Kier alpha value is -4.38. The van der Waals surface area contributed by atoms with Crippen molar-refractivity contribution in [3.8, 4) is 17.2 Å². The van der Waals surface area contributed by atoms with E-state index in [1.807, 2.05) is 69.2 Å². The normalized spacial score (nSPS) is 13.6. The van der Waals surface area contributed by atoms with Gasteiger partial charge in [0.15, 0.2) is 5.69 Å². The summed E-state index contributed by atoms with van der Waals surface area (Å²) in [6.45, 7) is 7.67. The summed E-state index contributed by atoms with van der Waals surface area (Å²) in [4.78, 5) is 21.9. The third-order valence-corrected chi connectivity index (χ3v) is 7.20. The van der Waals surface area contributed by atoms with Gasteiger partial charge in [-0.25, -0.2) is 9.78 Å². The summed E-state index contributed by atoms with van der Waals surface area (Å²) in [6, 6.07) is 20.3. The summed E-state index contributed by atoms with van der Waals surface area (Å²) in [7, 11) is 3.96. The number of hydrogen-bond donors (Lipinski definition) is 2. The van der Waals surface area contributed by atoms with Crippen LogP contribution in [0.5, 0.6) is 0 Å². The number of ether oxygens (including phenoxy) is 1. The first-order valence-corrected chi connectivity index (χ1v) is 13.8. The van der Waals surface area contributed by atoms with Gasteiger partial charge in [0.1, 0.15) is 5.82 Å². The summed E-state index contributed by atoms with van der Waals surface area (Å²) in [6.07, 6.45) is 1.73. The molecule has 0 saturated carbocycles. The number of hydrogen-bond acceptors (Lipinski definition) is 8. The lowest BCUT2D eigenvalue weighted by molar-refractivity contribution is 0.0519. The molecule has 0 aliphatic carbocycles. The molecule has 4 rings (SSSR count). The largest absolute Gasteiger partial charge is 0.461 e. The van der Waals surface area contributed by atoms with E-state index < -0.39 is 5.97 Å². The van der Waals surface area contributed by atoms with Crippen LogP contribution < -0.4 is 15.1 Å². The zero-order valence-corrected chi connectivity index (χ0v) is 24.0. The molecule has 0 atom stereocenters. The summed E-state index contributed by atoms with van der Waals surface area (Å²) in [5, 5.41) is 21.7. The average molecular weight is 539 g/mol. The van der Waals surface area contributed by atoms with Gasteiger partial charge in [-0.05, 0) is 73.2 Å². The van der Waals surface area contributed by atoms with Crippen molar-refractivity contribution in [2.45, 2.75) is 33.6 Å². The highest BCUT2D eigenvalue weighted by Gasteiger charge is 2.24. The number of aromatic nitrogens is 1. The topological polar surface area (TPSA) is 105 Å². The molecule has 0 spiro atoms. The molecule has 1 aliphatic heterocycles. The molecule has 2 heterocycles. The van der Waals surface area contributed by atoms with Gasteiger partial charge >= 0.3 is 5.97 Å².